The van der Waals surface area contributed by atoms with Crippen LogP contribution in [0.1, 0.15) is 23.4 Å². The Morgan fingerprint density at radius 2 is 2.09 bits per heavy atom. The fourth-order valence-corrected chi connectivity index (χ4v) is 3.47. The second kappa shape index (κ2) is 5.58. The Kier molecular flexibility index (Phi) is 3.73. The number of fused-ring (bicyclic) bond motifs is 1. The number of pyridine rings is 1. The fourth-order valence-electron chi connectivity index (χ4n) is 2.45. The smallest absolute Gasteiger partial charge is 0.326 e. The molecule has 0 saturated carbocycles. The summed E-state index contributed by atoms with van der Waals surface area (Å²) in [6, 6.07) is 4.21. The van der Waals surface area contributed by atoms with Crippen molar-refractivity contribution < 1.29 is 9.90 Å². The van der Waals surface area contributed by atoms with Crippen molar-refractivity contribution in [1.29, 1.82) is 0 Å². The summed E-state index contributed by atoms with van der Waals surface area (Å²) in [5, 5.41) is 9.86. The van der Waals surface area contributed by atoms with Crippen LogP contribution in [-0.2, 0) is 4.79 Å². The zero-order valence-corrected chi connectivity index (χ0v) is 13.7. The quantitative estimate of drug-likeness (QED) is 0.798. The second-order valence-electron chi connectivity index (χ2n) is 5.30. The Hall–Kier alpha value is -2.54. The fraction of sp³-hybridized carbons (Fsp3) is 0.250. The predicted molar refractivity (Wildman–Crippen MR) is 88.9 cm³/mol. The third kappa shape index (κ3) is 2.43. The first-order valence-corrected chi connectivity index (χ1v) is 7.90. The highest BCUT2D eigenvalue weighted by Gasteiger charge is 2.24. The van der Waals surface area contributed by atoms with Gasteiger partial charge in [-0.15, -0.1) is 11.3 Å². The van der Waals surface area contributed by atoms with Crippen LogP contribution in [0.25, 0.3) is 21.7 Å². The second-order valence-corrected chi connectivity index (χ2v) is 6.51. The molecule has 0 bridgehead atoms. The molecule has 1 N–H and O–H groups in total. The van der Waals surface area contributed by atoms with Crippen molar-refractivity contribution in [2.45, 2.75) is 26.8 Å². The lowest BCUT2D eigenvalue weighted by Gasteiger charge is -2.15. The van der Waals surface area contributed by atoms with Crippen molar-refractivity contribution in [3.63, 3.8) is 0 Å². The molecule has 3 aromatic rings. The van der Waals surface area contributed by atoms with E-state index in [-0.39, 0.29) is 11.4 Å². The molecule has 6 nitrogen and oxygen atoms in total. The van der Waals surface area contributed by atoms with Crippen molar-refractivity contribution in [3.8, 4) is 11.5 Å². The molecule has 1 atom stereocenters. The van der Waals surface area contributed by atoms with Crippen LogP contribution in [0, 0.1) is 13.8 Å². The summed E-state index contributed by atoms with van der Waals surface area (Å²) < 4.78 is 1.21. The number of aliphatic carboxylic acids is 1. The highest BCUT2D eigenvalue weighted by molar-refractivity contribution is 7.18. The van der Waals surface area contributed by atoms with Gasteiger partial charge in [-0.25, -0.2) is 9.78 Å². The van der Waals surface area contributed by atoms with Crippen molar-refractivity contribution in [2.24, 2.45) is 0 Å². The van der Waals surface area contributed by atoms with E-state index >= 15 is 0 Å². The summed E-state index contributed by atoms with van der Waals surface area (Å²) >= 11 is 1.43. The van der Waals surface area contributed by atoms with Gasteiger partial charge in [-0.05, 0) is 38.5 Å². The molecule has 23 heavy (non-hydrogen) atoms. The highest BCUT2D eigenvalue weighted by Crippen LogP contribution is 2.29. The molecule has 0 aromatic carbocycles. The zero-order valence-electron chi connectivity index (χ0n) is 12.9. The molecule has 0 spiro atoms. The molecule has 7 heteroatoms. The maximum absolute atomic E-state index is 12.9. The van der Waals surface area contributed by atoms with Gasteiger partial charge in [-0.2, -0.15) is 0 Å². The van der Waals surface area contributed by atoms with Crippen LogP contribution in [0.3, 0.4) is 0 Å². The lowest BCUT2D eigenvalue weighted by Crippen LogP contribution is -2.30. The van der Waals surface area contributed by atoms with E-state index in [2.05, 4.69) is 9.97 Å². The average Bonchev–Trinajstić information content (AvgIpc) is 2.82. The normalized spacial score (nSPS) is 12.5. The van der Waals surface area contributed by atoms with E-state index in [0.29, 0.717) is 15.9 Å². The first kappa shape index (κ1) is 15.4. The summed E-state index contributed by atoms with van der Waals surface area (Å²) in [5.74, 6) is -0.811. The van der Waals surface area contributed by atoms with Crippen molar-refractivity contribution in [2.75, 3.05) is 0 Å². The Bertz CT molecular complexity index is 960. The molecule has 118 valence electrons. The maximum atomic E-state index is 12.9. The number of rotatable bonds is 3. The Morgan fingerprint density at radius 3 is 2.70 bits per heavy atom. The van der Waals surface area contributed by atoms with Gasteiger partial charge < -0.3 is 5.11 Å². The molecule has 0 amide bonds. The first-order valence-electron chi connectivity index (χ1n) is 7.08. The van der Waals surface area contributed by atoms with Gasteiger partial charge in [0.1, 0.15) is 16.6 Å². The zero-order chi connectivity index (χ0) is 16.7. The van der Waals surface area contributed by atoms with Crippen LogP contribution in [0.2, 0.25) is 0 Å². The van der Waals surface area contributed by atoms with Crippen LogP contribution in [0.4, 0.5) is 0 Å². The Morgan fingerprint density at radius 1 is 1.35 bits per heavy atom. The van der Waals surface area contributed by atoms with Gasteiger partial charge in [0.25, 0.3) is 5.56 Å². The molecule has 0 aliphatic heterocycles. The SMILES string of the molecule is Cc1sc2nc(-c3ccccn3)n(C(C)C(=O)O)c(=O)c2c1C. The van der Waals surface area contributed by atoms with Crippen molar-refractivity contribution >= 4 is 27.5 Å². The van der Waals surface area contributed by atoms with Gasteiger partial charge in [0, 0.05) is 11.1 Å². The van der Waals surface area contributed by atoms with E-state index in [9.17, 15) is 14.7 Å². The molecular formula is C16H15N3O3S. The Labute approximate surface area is 136 Å². The summed E-state index contributed by atoms with van der Waals surface area (Å²) in [5.41, 5.74) is 0.983. The van der Waals surface area contributed by atoms with E-state index in [1.165, 1.54) is 22.8 Å². The summed E-state index contributed by atoms with van der Waals surface area (Å²) in [6.07, 6.45) is 1.59. The van der Waals surface area contributed by atoms with E-state index in [0.717, 1.165) is 10.4 Å². The number of carboxylic acids is 1. The van der Waals surface area contributed by atoms with Crippen LogP contribution in [-0.4, -0.2) is 25.6 Å². The molecule has 0 radical (unpaired) electrons. The summed E-state index contributed by atoms with van der Waals surface area (Å²) in [7, 11) is 0. The lowest BCUT2D eigenvalue weighted by molar-refractivity contribution is -0.140. The third-order valence-corrected chi connectivity index (χ3v) is 4.97. The van der Waals surface area contributed by atoms with Crippen molar-refractivity contribution in [1.82, 2.24) is 14.5 Å². The highest BCUT2D eigenvalue weighted by atomic mass is 32.1. The molecule has 1 unspecified atom stereocenters. The van der Waals surface area contributed by atoms with Gasteiger partial charge in [0.2, 0.25) is 0 Å². The molecule has 0 saturated heterocycles. The van der Waals surface area contributed by atoms with Crippen LogP contribution in [0.15, 0.2) is 29.2 Å². The molecule has 3 aromatic heterocycles. The van der Waals surface area contributed by atoms with E-state index < -0.39 is 12.0 Å². The van der Waals surface area contributed by atoms with Crippen molar-refractivity contribution in [3.05, 3.63) is 45.2 Å². The first-order chi connectivity index (χ1) is 10.9. The maximum Gasteiger partial charge on any atom is 0.326 e. The van der Waals surface area contributed by atoms with Gasteiger partial charge in [0.15, 0.2) is 5.82 Å². The van der Waals surface area contributed by atoms with E-state index in [1.54, 1.807) is 24.4 Å². The minimum Gasteiger partial charge on any atom is -0.480 e. The van der Waals surface area contributed by atoms with E-state index in [1.807, 2.05) is 13.8 Å². The van der Waals surface area contributed by atoms with Gasteiger partial charge in [-0.1, -0.05) is 6.07 Å². The predicted octanol–water partition coefficient (Wildman–Crippen LogP) is 2.78. The van der Waals surface area contributed by atoms with Gasteiger partial charge in [0.05, 0.1) is 5.39 Å². The molecular weight excluding hydrogens is 314 g/mol. The number of carbonyl (C=O) groups is 1. The molecule has 3 heterocycles. The number of aromatic nitrogens is 3. The number of aryl methyl sites for hydroxylation is 2. The number of carboxylic acid groups (broad SMARTS) is 1. The monoisotopic (exact) mass is 329 g/mol. The number of hydrogen-bond donors (Lipinski definition) is 1. The lowest BCUT2D eigenvalue weighted by atomic mass is 10.2. The third-order valence-electron chi connectivity index (χ3n) is 3.87. The number of nitrogens with zero attached hydrogens (tertiary/aromatic N) is 3. The number of thiophene rings is 1. The summed E-state index contributed by atoms with van der Waals surface area (Å²) in [6.45, 7) is 5.25. The minimum atomic E-state index is -1.09. The van der Waals surface area contributed by atoms with Crippen LogP contribution < -0.4 is 5.56 Å². The van der Waals surface area contributed by atoms with Crippen LogP contribution >= 0.6 is 11.3 Å². The standard InChI is InChI=1S/C16H15N3O3S/c1-8-10(3)23-14-12(8)15(20)19(9(2)16(21)22)13(18-14)11-6-4-5-7-17-11/h4-7,9H,1-3H3,(H,21,22). The van der Waals surface area contributed by atoms with Crippen LogP contribution in [0.5, 0.6) is 0 Å². The number of hydrogen-bond acceptors (Lipinski definition) is 5. The molecule has 0 aliphatic rings. The molecule has 3 rings (SSSR count). The van der Waals surface area contributed by atoms with Gasteiger partial charge in [-0.3, -0.25) is 14.3 Å². The Balaban J connectivity index is 2.45. The largest absolute Gasteiger partial charge is 0.480 e. The average molecular weight is 329 g/mol. The minimum absolute atomic E-state index is 0.277. The van der Waals surface area contributed by atoms with Gasteiger partial charge >= 0.3 is 5.97 Å². The molecule has 0 aliphatic carbocycles. The molecule has 0 fully saturated rings. The topological polar surface area (TPSA) is 85.1 Å². The van der Waals surface area contributed by atoms with E-state index in [4.69, 9.17) is 0 Å². The summed E-state index contributed by atoms with van der Waals surface area (Å²) in [4.78, 5) is 34.8.